The molecule has 7 heteroatoms. The second-order valence-electron chi connectivity index (χ2n) is 4.35. The molecule has 0 fully saturated rings. The average molecular weight is 277 g/mol. The monoisotopic (exact) mass is 277 g/mol. The highest BCUT2D eigenvalue weighted by Crippen LogP contribution is 2.14. The lowest BCUT2D eigenvalue weighted by Crippen LogP contribution is -2.24. The summed E-state index contributed by atoms with van der Waals surface area (Å²) in [4.78, 5) is 3.01. The van der Waals surface area contributed by atoms with E-state index in [-0.39, 0.29) is 0 Å². The van der Waals surface area contributed by atoms with Crippen molar-refractivity contribution >= 4 is 22.2 Å². The number of aromatic amines is 1. The summed E-state index contributed by atoms with van der Waals surface area (Å²) in [7, 11) is -3.09. The SMILES string of the molecule is CC(C)c1c[nH]c(=S)n1CCCNS(C)(=O)=O. The Kier molecular flexibility index (Phi) is 4.91. The van der Waals surface area contributed by atoms with Gasteiger partial charge in [0.1, 0.15) is 0 Å². The van der Waals surface area contributed by atoms with E-state index in [2.05, 4.69) is 23.6 Å². The maximum atomic E-state index is 10.9. The van der Waals surface area contributed by atoms with Crippen LogP contribution in [0.5, 0.6) is 0 Å². The summed E-state index contributed by atoms with van der Waals surface area (Å²) in [6.07, 6.45) is 3.80. The first-order valence-electron chi connectivity index (χ1n) is 5.54. The molecule has 0 aliphatic heterocycles. The first-order chi connectivity index (χ1) is 7.81. The van der Waals surface area contributed by atoms with Crippen LogP contribution < -0.4 is 4.72 Å². The Labute approximate surface area is 107 Å². The fourth-order valence-corrected chi connectivity index (χ4v) is 2.38. The zero-order valence-corrected chi connectivity index (χ0v) is 12.0. The summed E-state index contributed by atoms with van der Waals surface area (Å²) in [6.45, 7) is 5.36. The van der Waals surface area contributed by atoms with E-state index < -0.39 is 10.0 Å². The summed E-state index contributed by atoms with van der Waals surface area (Å²) >= 11 is 5.18. The molecule has 2 N–H and O–H groups in total. The van der Waals surface area contributed by atoms with Gasteiger partial charge in [0.25, 0.3) is 0 Å². The van der Waals surface area contributed by atoms with Gasteiger partial charge in [-0.2, -0.15) is 0 Å². The molecule has 0 bridgehead atoms. The largest absolute Gasteiger partial charge is 0.337 e. The van der Waals surface area contributed by atoms with Crippen LogP contribution in [-0.2, 0) is 16.6 Å². The molecule has 0 aliphatic rings. The minimum Gasteiger partial charge on any atom is -0.337 e. The van der Waals surface area contributed by atoms with E-state index in [0.717, 1.165) is 24.9 Å². The van der Waals surface area contributed by atoms with E-state index in [0.29, 0.717) is 17.2 Å². The van der Waals surface area contributed by atoms with Crippen molar-refractivity contribution in [3.8, 4) is 0 Å². The molecule has 0 saturated heterocycles. The van der Waals surface area contributed by atoms with Crippen LogP contribution in [0.3, 0.4) is 0 Å². The second kappa shape index (κ2) is 5.79. The van der Waals surface area contributed by atoms with Crippen molar-refractivity contribution in [2.45, 2.75) is 32.7 Å². The molecule has 1 aromatic heterocycles. The number of imidazole rings is 1. The van der Waals surface area contributed by atoms with Crippen LogP contribution >= 0.6 is 12.2 Å². The number of nitrogens with zero attached hydrogens (tertiary/aromatic N) is 1. The van der Waals surface area contributed by atoms with Gasteiger partial charge in [0.15, 0.2) is 4.77 Å². The number of rotatable bonds is 6. The standard InChI is InChI=1S/C10H19N3O2S2/c1-8(2)9-7-11-10(16)13(9)6-4-5-12-17(3,14)15/h7-8,12H,4-6H2,1-3H3,(H,11,16). The lowest BCUT2D eigenvalue weighted by Gasteiger charge is -2.10. The fraction of sp³-hybridized carbons (Fsp3) is 0.700. The molecule has 1 heterocycles. The third kappa shape index (κ3) is 4.61. The maximum Gasteiger partial charge on any atom is 0.208 e. The Bertz CT molecular complexity index is 514. The molecule has 0 spiro atoms. The zero-order valence-electron chi connectivity index (χ0n) is 10.4. The normalized spacial score (nSPS) is 12.2. The van der Waals surface area contributed by atoms with Gasteiger partial charge in [-0.25, -0.2) is 13.1 Å². The molecule has 17 heavy (non-hydrogen) atoms. The van der Waals surface area contributed by atoms with Crippen molar-refractivity contribution in [1.82, 2.24) is 14.3 Å². The molecule has 98 valence electrons. The van der Waals surface area contributed by atoms with Crippen LogP contribution in [0.15, 0.2) is 6.20 Å². The van der Waals surface area contributed by atoms with Crippen molar-refractivity contribution in [3.63, 3.8) is 0 Å². The predicted molar refractivity (Wildman–Crippen MR) is 71.2 cm³/mol. The maximum absolute atomic E-state index is 10.9. The van der Waals surface area contributed by atoms with Gasteiger partial charge >= 0.3 is 0 Å². The van der Waals surface area contributed by atoms with Gasteiger partial charge in [0, 0.05) is 25.0 Å². The van der Waals surface area contributed by atoms with Gasteiger partial charge in [-0.05, 0) is 24.6 Å². The second-order valence-corrected chi connectivity index (χ2v) is 6.56. The molecule has 0 aliphatic carbocycles. The number of sulfonamides is 1. The molecule has 1 aromatic rings. The summed E-state index contributed by atoms with van der Waals surface area (Å²) in [6, 6.07) is 0. The lowest BCUT2D eigenvalue weighted by molar-refractivity contribution is 0.564. The molecule has 0 aromatic carbocycles. The first kappa shape index (κ1) is 14.4. The Morgan fingerprint density at radius 1 is 1.53 bits per heavy atom. The highest BCUT2D eigenvalue weighted by atomic mass is 32.2. The molecule has 5 nitrogen and oxygen atoms in total. The minimum absolute atomic E-state index is 0.394. The molecule has 0 atom stereocenters. The van der Waals surface area contributed by atoms with E-state index >= 15 is 0 Å². The van der Waals surface area contributed by atoms with Crippen molar-refractivity contribution in [1.29, 1.82) is 0 Å². The molecular formula is C10H19N3O2S2. The Morgan fingerprint density at radius 2 is 2.18 bits per heavy atom. The number of H-pyrrole nitrogens is 1. The lowest BCUT2D eigenvalue weighted by atomic mass is 10.1. The van der Waals surface area contributed by atoms with Crippen molar-refractivity contribution in [3.05, 3.63) is 16.7 Å². The van der Waals surface area contributed by atoms with E-state index in [1.165, 1.54) is 0 Å². The van der Waals surface area contributed by atoms with Gasteiger partial charge in [-0.15, -0.1) is 0 Å². The van der Waals surface area contributed by atoms with Crippen LogP contribution in [0.2, 0.25) is 0 Å². The summed E-state index contributed by atoms with van der Waals surface area (Å²) in [5.74, 6) is 0.394. The van der Waals surface area contributed by atoms with Gasteiger partial charge in [0.2, 0.25) is 10.0 Å². The van der Waals surface area contributed by atoms with Crippen molar-refractivity contribution in [2.24, 2.45) is 0 Å². The fourth-order valence-electron chi connectivity index (χ4n) is 1.61. The Morgan fingerprint density at radius 3 is 2.71 bits per heavy atom. The Hall–Kier alpha value is -0.660. The van der Waals surface area contributed by atoms with Gasteiger partial charge < -0.3 is 9.55 Å². The average Bonchev–Trinajstić information content (AvgIpc) is 2.53. The summed E-state index contributed by atoms with van der Waals surface area (Å²) in [5, 5.41) is 0. The van der Waals surface area contributed by atoms with Crippen molar-refractivity contribution < 1.29 is 8.42 Å². The van der Waals surface area contributed by atoms with Crippen LogP contribution in [0.25, 0.3) is 0 Å². The molecule has 0 amide bonds. The van der Waals surface area contributed by atoms with Crippen molar-refractivity contribution in [2.75, 3.05) is 12.8 Å². The van der Waals surface area contributed by atoms with Gasteiger partial charge in [-0.3, -0.25) is 0 Å². The summed E-state index contributed by atoms with van der Waals surface area (Å²) in [5.41, 5.74) is 1.15. The van der Waals surface area contributed by atoms with Gasteiger partial charge in [-0.1, -0.05) is 13.8 Å². The predicted octanol–water partition coefficient (Wildman–Crippen LogP) is 1.61. The number of hydrogen-bond donors (Lipinski definition) is 2. The number of nitrogens with one attached hydrogen (secondary N) is 2. The Balaban J connectivity index is 2.58. The summed E-state index contributed by atoms with van der Waals surface area (Å²) < 4.78 is 27.0. The van der Waals surface area contributed by atoms with Crippen LogP contribution in [0.4, 0.5) is 0 Å². The minimum atomic E-state index is -3.09. The topological polar surface area (TPSA) is 66.9 Å². The molecule has 0 unspecified atom stereocenters. The number of aromatic nitrogens is 2. The zero-order chi connectivity index (χ0) is 13.1. The van der Waals surface area contributed by atoms with E-state index in [1.54, 1.807) is 0 Å². The molecule has 0 saturated carbocycles. The molecule has 1 rings (SSSR count). The smallest absolute Gasteiger partial charge is 0.208 e. The highest BCUT2D eigenvalue weighted by molar-refractivity contribution is 7.88. The number of hydrogen-bond acceptors (Lipinski definition) is 3. The molecule has 0 radical (unpaired) electrons. The van der Waals surface area contributed by atoms with Crippen LogP contribution in [0, 0.1) is 4.77 Å². The van der Waals surface area contributed by atoms with E-state index in [1.807, 2.05) is 10.8 Å². The third-order valence-corrected chi connectivity index (χ3v) is 3.48. The first-order valence-corrected chi connectivity index (χ1v) is 7.84. The van der Waals surface area contributed by atoms with E-state index in [4.69, 9.17) is 12.2 Å². The van der Waals surface area contributed by atoms with Crippen LogP contribution in [0.1, 0.15) is 31.9 Å². The highest BCUT2D eigenvalue weighted by Gasteiger charge is 2.07. The quantitative estimate of drug-likeness (QED) is 0.613. The molecular weight excluding hydrogens is 258 g/mol. The van der Waals surface area contributed by atoms with E-state index in [9.17, 15) is 8.42 Å². The van der Waals surface area contributed by atoms with Crippen LogP contribution in [-0.4, -0.2) is 30.8 Å². The van der Waals surface area contributed by atoms with Gasteiger partial charge in [0.05, 0.1) is 6.26 Å². The third-order valence-electron chi connectivity index (χ3n) is 2.41.